The van der Waals surface area contributed by atoms with Crippen LogP contribution in [0.5, 0.6) is 0 Å². The summed E-state index contributed by atoms with van der Waals surface area (Å²) in [5.41, 5.74) is 5.37. The minimum atomic E-state index is -0.669. The number of hydrogen-bond acceptors (Lipinski definition) is 2. The van der Waals surface area contributed by atoms with Crippen LogP contribution in [0.1, 0.15) is 42.0 Å². The van der Waals surface area contributed by atoms with Crippen molar-refractivity contribution < 1.29 is 9.59 Å². The van der Waals surface area contributed by atoms with Gasteiger partial charge in [0, 0.05) is 11.4 Å². The first-order valence-corrected chi connectivity index (χ1v) is 8.08. The third-order valence-electron chi connectivity index (χ3n) is 3.85. The average Bonchev–Trinajstić information content (AvgIpc) is 2.47. The highest BCUT2D eigenvalue weighted by Gasteiger charge is 2.18. The number of nitrogens with one attached hydrogen (secondary N) is 2. The molecule has 0 aliphatic heterocycles. The van der Waals surface area contributed by atoms with E-state index in [-0.39, 0.29) is 5.92 Å². The predicted molar refractivity (Wildman–Crippen MR) is 98.4 cm³/mol. The van der Waals surface area contributed by atoms with Gasteiger partial charge in [-0.05, 0) is 61.1 Å². The lowest BCUT2D eigenvalue weighted by atomic mass is 9.98. The lowest BCUT2D eigenvalue weighted by Crippen LogP contribution is -2.30. The Bertz CT molecular complexity index is 759. The number of amides is 2. The lowest BCUT2D eigenvalue weighted by Gasteiger charge is -2.16. The zero-order chi connectivity index (χ0) is 17.9. The molecule has 0 aliphatic rings. The first-order chi connectivity index (χ1) is 11.3. The van der Waals surface area contributed by atoms with Crippen LogP contribution in [0.2, 0.25) is 0 Å². The van der Waals surface area contributed by atoms with Crippen LogP contribution in [0.25, 0.3) is 0 Å². The predicted octanol–water partition coefficient (Wildman–Crippen LogP) is 4.31. The highest BCUT2D eigenvalue weighted by molar-refractivity contribution is 6.43. The molecule has 0 unspecified atom stereocenters. The molecule has 0 aromatic heterocycles. The Morgan fingerprint density at radius 2 is 1.46 bits per heavy atom. The maximum absolute atomic E-state index is 12.3. The minimum absolute atomic E-state index is 0.252. The van der Waals surface area contributed by atoms with Crippen LogP contribution >= 0.6 is 0 Å². The van der Waals surface area contributed by atoms with Crippen molar-refractivity contribution in [1.82, 2.24) is 0 Å². The summed E-state index contributed by atoms with van der Waals surface area (Å²) in [5, 5.41) is 5.42. The average molecular weight is 324 g/mol. The zero-order valence-electron chi connectivity index (χ0n) is 14.9. The van der Waals surface area contributed by atoms with Crippen LogP contribution in [0.15, 0.2) is 36.4 Å². The molecule has 2 aromatic carbocycles. The maximum Gasteiger partial charge on any atom is 0.314 e. The van der Waals surface area contributed by atoms with E-state index in [1.54, 1.807) is 0 Å². The molecule has 126 valence electrons. The van der Waals surface area contributed by atoms with Gasteiger partial charge in [0.1, 0.15) is 0 Å². The number of carbonyl (C=O) groups is 2. The number of hydrogen-bond donors (Lipinski definition) is 2. The zero-order valence-corrected chi connectivity index (χ0v) is 14.9. The fourth-order valence-corrected chi connectivity index (χ4v) is 2.75. The van der Waals surface area contributed by atoms with Crippen LogP contribution in [-0.4, -0.2) is 11.8 Å². The van der Waals surface area contributed by atoms with Gasteiger partial charge in [-0.1, -0.05) is 38.1 Å². The monoisotopic (exact) mass is 324 g/mol. The van der Waals surface area contributed by atoms with Gasteiger partial charge in [0.05, 0.1) is 0 Å². The molecule has 0 atom stereocenters. The number of anilines is 2. The van der Waals surface area contributed by atoms with E-state index < -0.39 is 11.8 Å². The Labute approximate surface area is 143 Å². The van der Waals surface area contributed by atoms with Gasteiger partial charge in [-0.2, -0.15) is 0 Å². The molecular formula is C20H24N2O2. The fourth-order valence-electron chi connectivity index (χ4n) is 2.75. The molecule has 0 saturated heterocycles. The molecule has 0 fully saturated rings. The van der Waals surface area contributed by atoms with E-state index in [1.165, 1.54) is 0 Å². The van der Waals surface area contributed by atoms with Gasteiger partial charge in [-0.15, -0.1) is 0 Å². The van der Waals surface area contributed by atoms with Gasteiger partial charge in [0.25, 0.3) is 0 Å². The van der Waals surface area contributed by atoms with Crippen molar-refractivity contribution in [2.75, 3.05) is 10.6 Å². The van der Waals surface area contributed by atoms with Crippen molar-refractivity contribution >= 4 is 23.2 Å². The Balaban J connectivity index is 2.17. The van der Waals surface area contributed by atoms with Gasteiger partial charge in [0.2, 0.25) is 0 Å². The second-order valence-corrected chi connectivity index (χ2v) is 6.48. The number of aryl methyl sites for hydroxylation is 3. The molecule has 24 heavy (non-hydrogen) atoms. The van der Waals surface area contributed by atoms with Crippen molar-refractivity contribution in [3.05, 3.63) is 58.7 Å². The van der Waals surface area contributed by atoms with Crippen LogP contribution in [0.4, 0.5) is 11.4 Å². The first-order valence-electron chi connectivity index (χ1n) is 8.08. The van der Waals surface area contributed by atoms with Crippen LogP contribution in [-0.2, 0) is 9.59 Å². The normalized spacial score (nSPS) is 10.6. The molecule has 0 saturated carbocycles. The van der Waals surface area contributed by atoms with Crippen molar-refractivity contribution in [1.29, 1.82) is 0 Å². The van der Waals surface area contributed by atoms with Gasteiger partial charge >= 0.3 is 11.8 Å². The van der Waals surface area contributed by atoms with Gasteiger partial charge in [0.15, 0.2) is 0 Å². The van der Waals surface area contributed by atoms with Crippen LogP contribution in [0, 0.1) is 20.8 Å². The van der Waals surface area contributed by atoms with Gasteiger partial charge in [-0.3, -0.25) is 9.59 Å². The molecule has 0 aliphatic carbocycles. The van der Waals surface area contributed by atoms with E-state index in [1.807, 2.05) is 57.2 Å². The molecule has 2 aromatic rings. The molecule has 0 radical (unpaired) electrons. The molecule has 0 bridgehead atoms. The standard InChI is InChI=1S/C20H24N2O2/c1-12(2)17-8-6-7-15(5)18(17)22-20(24)19(23)21-16-10-13(3)9-14(4)11-16/h6-12H,1-5H3,(H,21,23)(H,22,24). The maximum atomic E-state index is 12.3. The largest absolute Gasteiger partial charge is 0.318 e. The molecular weight excluding hydrogens is 300 g/mol. The Kier molecular flexibility index (Phi) is 5.39. The third-order valence-corrected chi connectivity index (χ3v) is 3.85. The smallest absolute Gasteiger partial charge is 0.314 e. The summed E-state index contributed by atoms with van der Waals surface area (Å²) in [4.78, 5) is 24.5. The molecule has 2 amide bonds. The molecule has 4 heteroatoms. The number of benzene rings is 2. The summed E-state index contributed by atoms with van der Waals surface area (Å²) >= 11 is 0. The quantitative estimate of drug-likeness (QED) is 0.826. The van der Waals surface area contributed by atoms with E-state index in [0.29, 0.717) is 11.4 Å². The van der Waals surface area contributed by atoms with E-state index in [0.717, 1.165) is 22.3 Å². The molecule has 0 spiro atoms. The summed E-state index contributed by atoms with van der Waals surface area (Å²) < 4.78 is 0. The van der Waals surface area contributed by atoms with E-state index in [2.05, 4.69) is 24.5 Å². The summed E-state index contributed by atoms with van der Waals surface area (Å²) in [6.07, 6.45) is 0. The van der Waals surface area contributed by atoms with Crippen LogP contribution < -0.4 is 10.6 Å². The Morgan fingerprint density at radius 3 is 2.04 bits per heavy atom. The van der Waals surface area contributed by atoms with E-state index >= 15 is 0 Å². The van der Waals surface area contributed by atoms with Crippen molar-refractivity contribution in [2.45, 2.75) is 40.5 Å². The minimum Gasteiger partial charge on any atom is -0.318 e. The number of carbonyl (C=O) groups excluding carboxylic acids is 2. The Hall–Kier alpha value is -2.62. The molecule has 2 N–H and O–H groups in total. The molecule has 0 heterocycles. The SMILES string of the molecule is Cc1cc(C)cc(NC(=O)C(=O)Nc2c(C)cccc2C(C)C)c1. The fraction of sp³-hybridized carbons (Fsp3) is 0.300. The van der Waals surface area contributed by atoms with E-state index in [4.69, 9.17) is 0 Å². The van der Waals surface area contributed by atoms with Crippen molar-refractivity contribution in [3.8, 4) is 0 Å². The van der Waals surface area contributed by atoms with Gasteiger partial charge < -0.3 is 10.6 Å². The highest BCUT2D eigenvalue weighted by atomic mass is 16.2. The number of para-hydroxylation sites is 1. The molecule has 2 rings (SSSR count). The summed E-state index contributed by atoms with van der Waals surface area (Å²) in [6, 6.07) is 11.5. The lowest BCUT2D eigenvalue weighted by molar-refractivity contribution is -0.133. The van der Waals surface area contributed by atoms with Crippen LogP contribution in [0.3, 0.4) is 0 Å². The number of rotatable bonds is 3. The first kappa shape index (κ1) is 17.7. The Morgan fingerprint density at radius 1 is 0.875 bits per heavy atom. The van der Waals surface area contributed by atoms with Crippen molar-refractivity contribution in [3.63, 3.8) is 0 Å². The molecule has 4 nitrogen and oxygen atoms in total. The summed E-state index contributed by atoms with van der Waals surface area (Å²) in [6.45, 7) is 9.93. The van der Waals surface area contributed by atoms with Gasteiger partial charge in [-0.25, -0.2) is 0 Å². The van der Waals surface area contributed by atoms with E-state index in [9.17, 15) is 9.59 Å². The second kappa shape index (κ2) is 7.30. The third kappa shape index (κ3) is 4.22. The summed E-state index contributed by atoms with van der Waals surface area (Å²) in [7, 11) is 0. The summed E-state index contributed by atoms with van der Waals surface area (Å²) in [5.74, 6) is -1.08. The topological polar surface area (TPSA) is 58.2 Å². The second-order valence-electron chi connectivity index (χ2n) is 6.48. The van der Waals surface area contributed by atoms with Crippen molar-refractivity contribution in [2.24, 2.45) is 0 Å². The highest BCUT2D eigenvalue weighted by Crippen LogP contribution is 2.27.